The Bertz CT molecular complexity index is 554. The number of halogens is 1. The molecule has 0 aromatic heterocycles. The van der Waals surface area contributed by atoms with Crippen LogP contribution in [0.1, 0.15) is 12.8 Å². The van der Waals surface area contributed by atoms with Gasteiger partial charge in [0.15, 0.2) is 0 Å². The van der Waals surface area contributed by atoms with Crippen molar-refractivity contribution in [2.45, 2.75) is 12.8 Å². The topological polar surface area (TPSA) is 23.5 Å². The standard InChI is InChI=1S/C15H14FNO/c16-11-5-7-12(8-6-11)17-10-9-15(18)13-3-1-2-4-14(13)17/h1,3,5-9,18H,2,4,10H2. The molecule has 0 saturated carbocycles. The predicted octanol–water partition coefficient (Wildman–Crippen LogP) is 3.69. The molecule has 2 nitrogen and oxygen atoms in total. The Morgan fingerprint density at radius 2 is 1.94 bits per heavy atom. The maximum Gasteiger partial charge on any atom is 0.123 e. The van der Waals surface area contributed by atoms with Crippen LogP contribution in [0.3, 0.4) is 0 Å². The third kappa shape index (κ3) is 1.82. The summed E-state index contributed by atoms with van der Waals surface area (Å²) in [5.41, 5.74) is 2.96. The molecule has 0 fully saturated rings. The lowest BCUT2D eigenvalue weighted by atomic mass is 9.97. The highest BCUT2D eigenvalue weighted by Crippen LogP contribution is 2.33. The van der Waals surface area contributed by atoms with Crippen LogP contribution in [0, 0.1) is 5.82 Å². The molecule has 18 heavy (non-hydrogen) atoms. The van der Waals surface area contributed by atoms with Crippen LogP contribution in [-0.4, -0.2) is 11.7 Å². The van der Waals surface area contributed by atoms with E-state index in [-0.39, 0.29) is 5.82 Å². The van der Waals surface area contributed by atoms with Gasteiger partial charge in [0.2, 0.25) is 0 Å². The predicted molar refractivity (Wildman–Crippen MR) is 69.9 cm³/mol. The maximum absolute atomic E-state index is 13.0. The molecule has 1 aliphatic carbocycles. The molecule has 0 spiro atoms. The van der Waals surface area contributed by atoms with Gasteiger partial charge in [-0.15, -0.1) is 0 Å². The second-order valence-corrected chi connectivity index (χ2v) is 4.48. The van der Waals surface area contributed by atoms with Crippen LogP contribution in [0.4, 0.5) is 10.1 Å². The lowest BCUT2D eigenvalue weighted by Gasteiger charge is -2.32. The summed E-state index contributed by atoms with van der Waals surface area (Å²) >= 11 is 0. The highest BCUT2D eigenvalue weighted by atomic mass is 19.1. The Hall–Kier alpha value is -2.03. The zero-order valence-corrected chi connectivity index (χ0v) is 9.94. The van der Waals surface area contributed by atoms with Crippen molar-refractivity contribution in [2.75, 3.05) is 11.4 Å². The molecule has 1 heterocycles. The molecular weight excluding hydrogens is 229 g/mol. The third-order valence-corrected chi connectivity index (χ3v) is 3.35. The molecule has 92 valence electrons. The molecule has 0 atom stereocenters. The van der Waals surface area contributed by atoms with Gasteiger partial charge in [-0.05, 0) is 43.2 Å². The van der Waals surface area contributed by atoms with Gasteiger partial charge in [0.25, 0.3) is 0 Å². The number of anilines is 1. The number of rotatable bonds is 1. The molecule has 1 aromatic rings. The fourth-order valence-electron chi connectivity index (χ4n) is 2.45. The first-order valence-electron chi connectivity index (χ1n) is 6.08. The molecule has 3 rings (SSSR count). The zero-order valence-electron chi connectivity index (χ0n) is 9.94. The number of hydrogen-bond acceptors (Lipinski definition) is 2. The van der Waals surface area contributed by atoms with Crippen LogP contribution in [0.2, 0.25) is 0 Å². The van der Waals surface area contributed by atoms with E-state index in [4.69, 9.17) is 0 Å². The van der Waals surface area contributed by atoms with E-state index >= 15 is 0 Å². The third-order valence-electron chi connectivity index (χ3n) is 3.35. The van der Waals surface area contributed by atoms with Crippen LogP contribution in [0.5, 0.6) is 0 Å². The van der Waals surface area contributed by atoms with E-state index in [0.29, 0.717) is 12.3 Å². The van der Waals surface area contributed by atoms with Crippen molar-refractivity contribution in [2.24, 2.45) is 0 Å². The number of allylic oxidation sites excluding steroid dienone is 3. The van der Waals surface area contributed by atoms with Crippen molar-refractivity contribution >= 4 is 5.69 Å². The fraction of sp³-hybridized carbons (Fsp3) is 0.200. The second kappa shape index (κ2) is 4.33. The summed E-state index contributed by atoms with van der Waals surface area (Å²) in [6.07, 6.45) is 7.69. The summed E-state index contributed by atoms with van der Waals surface area (Å²) in [7, 11) is 0. The van der Waals surface area contributed by atoms with Crippen LogP contribution in [0.15, 0.2) is 59.5 Å². The van der Waals surface area contributed by atoms with Gasteiger partial charge in [-0.25, -0.2) is 4.39 Å². The quantitative estimate of drug-likeness (QED) is 0.813. The van der Waals surface area contributed by atoms with Gasteiger partial charge < -0.3 is 10.0 Å². The van der Waals surface area contributed by atoms with E-state index in [1.807, 2.05) is 6.08 Å². The Balaban J connectivity index is 2.01. The Morgan fingerprint density at radius 1 is 1.17 bits per heavy atom. The summed E-state index contributed by atoms with van der Waals surface area (Å²) in [6.45, 7) is 0.629. The molecule has 0 unspecified atom stereocenters. The first-order chi connectivity index (χ1) is 8.75. The fourth-order valence-corrected chi connectivity index (χ4v) is 2.45. The number of aliphatic hydroxyl groups is 1. The maximum atomic E-state index is 13.0. The lowest BCUT2D eigenvalue weighted by Crippen LogP contribution is -2.28. The molecule has 1 N–H and O–H groups in total. The van der Waals surface area contributed by atoms with Crippen molar-refractivity contribution in [3.63, 3.8) is 0 Å². The first-order valence-corrected chi connectivity index (χ1v) is 6.08. The molecule has 0 bridgehead atoms. The van der Waals surface area contributed by atoms with Gasteiger partial charge >= 0.3 is 0 Å². The number of hydrogen-bond donors (Lipinski definition) is 1. The molecule has 2 aliphatic rings. The van der Waals surface area contributed by atoms with E-state index in [1.165, 1.54) is 12.1 Å². The van der Waals surface area contributed by atoms with Gasteiger partial charge in [-0.1, -0.05) is 12.2 Å². The minimum Gasteiger partial charge on any atom is -0.508 e. The largest absolute Gasteiger partial charge is 0.508 e. The molecule has 0 radical (unpaired) electrons. The molecular formula is C15H14FNO. The average Bonchev–Trinajstić information content (AvgIpc) is 2.41. The lowest BCUT2D eigenvalue weighted by molar-refractivity contribution is 0.418. The van der Waals surface area contributed by atoms with Crippen LogP contribution >= 0.6 is 0 Å². The van der Waals surface area contributed by atoms with Gasteiger partial charge in [0, 0.05) is 23.5 Å². The zero-order chi connectivity index (χ0) is 12.5. The Labute approximate surface area is 105 Å². The SMILES string of the molecule is OC1=CCN(c2ccc(F)cc2)C2=C1C=CCC2. The summed E-state index contributed by atoms with van der Waals surface area (Å²) in [6, 6.07) is 6.47. The normalized spacial score (nSPS) is 18.7. The molecule has 1 aromatic carbocycles. The van der Waals surface area contributed by atoms with Crippen LogP contribution in [0.25, 0.3) is 0 Å². The van der Waals surface area contributed by atoms with E-state index in [0.717, 1.165) is 29.8 Å². The Morgan fingerprint density at radius 3 is 2.72 bits per heavy atom. The van der Waals surface area contributed by atoms with E-state index < -0.39 is 0 Å². The Kier molecular flexibility index (Phi) is 2.67. The molecule has 1 aliphatic heterocycles. The highest BCUT2D eigenvalue weighted by Gasteiger charge is 2.22. The molecule has 0 saturated heterocycles. The van der Waals surface area contributed by atoms with Crippen molar-refractivity contribution in [1.82, 2.24) is 0 Å². The smallest absolute Gasteiger partial charge is 0.123 e. The van der Waals surface area contributed by atoms with Crippen molar-refractivity contribution in [3.8, 4) is 0 Å². The van der Waals surface area contributed by atoms with E-state index in [1.54, 1.807) is 18.2 Å². The minimum absolute atomic E-state index is 0.230. The number of benzene rings is 1. The first kappa shape index (κ1) is 11.1. The summed E-state index contributed by atoms with van der Waals surface area (Å²) in [5.74, 6) is 0.117. The molecule has 3 heteroatoms. The van der Waals surface area contributed by atoms with Crippen LogP contribution in [-0.2, 0) is 0 Å². The molecule has 0 amide bonds. The highest BCUT2D eigenvalue weighted by molar-refractivity contribution is 5.60. The van der Waals surface area contributed by atoms with Gasteiger partial charge in [-0.3, -0.25) is 0 Å². The summed E-state index contributed by atoms with van der Waals surface area (Å²) in [4.78, 5) is 2.12. The van der Waals surface area contributed by atoms with Gasteiger partial charge in [0.05, 0.1) is 0 Å². The summed E-state index contributed by atoms with van der Waals surface area (Å²) < 4.78 is 13.0. The number of nitrogens with zero attached hydrogens (tertiary/aromatic N) is 1. The van der Waals surface area contributed by atoms with Crippen LogP contribution < -0.4 is 4.90 Å². The minimum atomic E-state index is -0.230. The van der Waals surface area contributed by atoms with Crippen molar-refractivity contribution < 1.29 is 9.50 Å². The van der Waals surface area contributed by atoms with E-state index in [9.17, 15) is 9.50 Å². The van der Waals surface area contributed by atoms with Gasteiger partial charge in [-0.2, -0.15) is 0 Å². The average molecular weight is 243 g/mol. The van der Waals surface area contributed by atoms with Gasteiger partial charge in [0.1, 0.15) is 11.6 Å². The van der Waals surface area contributed by atoms with Crippen molar-refractivity contribution in [3.05, 3.63) is 65.3 Å². The van der Waals surface area contributed by atoms with Crippen molar-refractivity contribution in [1.29, 1.82) is 0 Å². The summed E-state index contributed by atoms with van der Waals surface area (Å²) in [5, 5.41) is 9.88. The number of aliphatic hydroxyl groups excluding tert-OH is 1. The monoisotopic (exact) mass is 243 g/mol. The second-order valence-electron chi connectivity index (χ2n) is 4.48. The van der Waals surface area contributed by atoms with E-state index in [2.05, 4.69) is 11.0 Å².